The van der Waals surface area contributed by atoms with Crippen LogP contribution in [0.25, 0.3) is 0 Å². The van der Waals surface area contributed by atoms with Crippen molar-refractivity contribution in [3.8, 4) is 6.07 Å². The Morgan fingerprint density at radius 3 is 2.21 bits per heavy atom. The number of aryl methyl sites for hydroxylation is 3. The molecule has 3 rings (SSSR count). The normalized spacial score (nSPS) is 15.8. The van der Waals surface area contributed by atoms with Gasteiger partial charge in [0.05, 0.1) is 16.5 Å². The zero-order valence-electron chi connectivity index (χ0n) is 16.9. The summed E-state index contributed by atoms with van der Waals surface area (Å²) in [5.41, 5.74) is 3.50. The largest absolute Gasteiger partial charge is 0.299 e. The molecule has 2 aromatic carbocycles. The Labute approximate surface area is 173 Å². The number of rotatable bonds is 6. The molecule has 2 aromatic rings. The number of nitrogens with zero attached hydrogens (tertiary/aromatic N) is 2. The highest BCUT2D eigenvalue weighted by Crippen LogP contribution is 2.26. The molecule has 1 fully saturated rings. The van der Waals surface area contributed by atoms with E-state index in [9.17, 15) is 13.2 Å². The van der Waals surface area contributed by atoms with Crippen molar-refractivity contribution in [2.45, 2.75) is 44.4 Å². The Kier molecular flexibility index (Phi) is 6.51. The maximum atomic E-state index is 12.9. The molecule has 0 atom stereocenters. The summed E-state index contributed by atoms with van der Waals surface area (Å²) < 4.78 is 27.4. The molecule has 0 unspecified atom stereocenters. The molecule has 1 aliphatic rings. The standard InChI is InChI=1S/C23H26N2O3S/c1-17-13-18(2)15-22(14-17)29(27,28)25-11-9-21(10-12-25)23(26)8-7-19-3-5-20(16-24)6-4-19/h3-6,13-15,21H,7-12H2,1-2H3. The van der Waals surface area contributed by atoms with Crippen LogP contribution in [0.3, 0.4) is 0 Å². The second-order valence-corrected chi connectivity index (χ2v) is 9.71. The van der Waals surface area contributed by atoms with Gasteiger partial charge < -0.3 is 0 Å². The Hall–Kier alpha value is -2.49. The van der Waals surface area contributed by atoms with Gasteiger partial charge in [0.15, 0.2) is 0 Å². The molecular formula is C23H26N2O3S. The molecule has 0 bridgehead atoms. The summed E-state index contributed by atoms with van der Waals surface area (Å²) in [6.45, 7) is 4.54. The minimum atomic E-state index is -3.52. The minimum Gasteiger partial charge on any atom is -0.299 e. The van der Waals surface area contributed by atoms with Gasteiger partial charge in [-0.3, -0.25) is 4.79 Å². The maximum absolute atomic E-state index is 12.9. The Balaban J connectivity index is 1.56. The predicted octanol–water partition coefficient (Wildman–Crippen LogP) is 3.78. The van der Waals surface area contributed by atoms with Crippen molar-refractivity contribution >= 4 is 15.8 Å². The lowest BCUT2D eigenvalue weighted by Crippen LogP contribution is -2.40. The molecular weight excluding hydrogens is 384 g/mol. The zero-order valence-corrected chi connectivity index (χ0v) is 17.7. The van der Waals surface area contributed by atoms with Crippen molar-refractivity contribution in [1.82, 2.24) is 4.31 Å². The summed E-state index contributed by atoms with van der Waals surface area (Å²) in [5.74, 6) is 0.108. The van der Waals surface area contributed by atoms with Crippen LogP contribution in [0.4, 0.5) is 0 Å². The summed E-state index contributed by atoms with van der Waals surface area (Å²) in [4.78, 5) is 12.9. The molecule has 5 nitrogen and oxygen atoms in total. The molecule has 0 aliphatic carbocycles. The van der Waals surface area contributed by atoms with Gasteiger partial charge >= 0.3 is 0 Å². The number of piperidine rings is 1. The lowest BCUT2D eigenvalue weighted by molar-refractivity contribution is -0.123. The van der Waals surface area contributed by atoms with E-state index in [0.29, 0.717) is 49.2 Å². The number of hydrogen-bond acceptors (Lipinski definition) is 4. The van der Waals surface area contributed by atoms with Crippen molar-refractivity contribution in [1.29, 1.82) is 5.26 Å². The van der Waals surface area contributed by atoms with E-state index in [4.69, 9.17) is 5.26 Å². The summed E-state index contributed by atoms with van der Waals surface area (Å²) in [5, 5.41) is 8.84. The number of ketones is 1. The van der Waals surface area contributed by atoms with Crippen LogP contribution in [-0.2, 0) is 21.2 Å². The maximum Gasteiger partial charge on any atom is 0.243 e. The molecule has 0 N–H and O–H groups in total. The number of benzene rings is 2. The zero-order chi connectivity index (χ0) is 21.0. The first kappa shape index (κ1) is 21.2. The van der Waals surface area contributed by atoms with Crippen LogP contribution in [0.1, 0.15) is 41.5 Å². The van der Waals surface area contributed by atoms with Crippen LogP contribution in [0.15, 0.2) is 47.4 Å². The monoisotopic (exact) mass is 410 g/mol. The predicted molar refractivity (Wildman–Crippen MR) is 112 cm³/mol. The summed E-state index contributed by atoms with van der Waals surface area (Å²) in [6.07, 6.45) is 2.22. The van der Waals surface area contributed by atoms with Crippen molar-refractivity contribution in [3.05, 3.63) is 64.7 Å². The third kappa shape index (κ3) is 5.11. The van der Waals surface area contributed by atoms with Gasteiger partial charge in [-0.2, -0.15) is 9.57 Å². The van der Waals surface area contributed by atoms with Crippen LogP contribution in [0, 0.1) is 31.1 Å². The molecule has 0 radical (unpaired) electrons. The van der Waals surface area contributed by atoms with Gasteiger partial charge in [0.2, 0.25) is 10.0 Å². The molecule has 0 spiro atoms. The number of hydrogen-bond donors (Lipinski definition) is 0. The number of carbonyl (C=O) groups excluding carboxylic acids is 1. The molecule has 6 heteroatoms. The van der Waals surface area contributed by atoms with Crippen LogP contribution in [0.2, 0.25) is 0 Å². The fraction of sp³-hybridized carbons (Fsp3) is 0.391. The Morgan fingerprint density at radius 2 is 1.66 bits per heavy atom. The molecule has 29 heavy (non-hydrogen) atoms. The molecule has 0 aromatic heterocycles. The smallest absolute Gasteiger partial charge is 0.243 e. The van der Waals surface area contributed by atoms with Gasteiger partial charge in [-0.15, -0.1) is 0 Å². The van der Waals surface area contributed by atoms with Gasteiger partial charge in [0.25, 0.3) is 0 Å². The second kappa shape index (κ2) is 8.89. The van der Waals surface area contributed by atoms with Crippen molar-refractivity contribution in [3.63, 3.8) is 0 Å². The van der Waals surface area contributed by atoms with Gasteiger partial charge in [0, 0.05) is 25.4 Å². The third-order valence-electron chi connectivity index (χ3n) is 5.49. The first-order valence-corrected chi connectivity index (χ1v) is 11.3. The topological polar surface area (TPSA) is 78.2 Å². The summed E-state index contributed by atoms with van der Waals surface area (Å²) in [7, 11) is -3.52. The van der Waals surface area contributed by atoms with E-state index in [2.05, 4.69) is 6.07 Å². The van der Waals surface area contributed by atoms with Crippen molar-refractivity contribution in [2.75, 3.05) is 13.1 Å². The van der Waals surface area contributed by atoms with Gasteiger partial charge in [-0.1, -0.05) is 18.2 Å². The number of nitriles is 1. The highest BCUT2D eigenvalue weighted by atomic mass is 32.2. The fourth-order valence-electron chi connectivity index (χ4n) is 3.87. The molecule has 0 amide bonds. The van der Waals surface area contributed by atoms with Crippen LogP contribution >= 0.6 is 0 Å². The van der Waals surface area contributed by atoms with Crippen molar-refractivity contribution < 1.29 is 13.2 Å². The van der Waals surface area contributed by atoms with Crippen LogP contribution in [0.5, 0.6) is 0 Å². The Bertz CT molecular complexity index is 1010. The average Bonchev–Trinajstić information content (AvgIpc) is 2.71. The summed E-state index contributed by atoms with van der Waals surface area (Å²) >= 11 is 0. The quantitative estimate of drug-likeness (QED) is 0.726. The highest BCUT2D eigenvalue weighted by molar-refractivity contribution is 7.89. The fourth-order valence-corrected chi connectivity index (χ4v) is 5.53. The van der Waals surface area contributed by atoms with Gasteiger partial charge in [0.1, 0.15) is 5.78 Å². The first-order valence-electron chi connectivity index (χ1n) is 9.90. The SMILES string of the molecule is Cc1cc(C)cc(S(=O)(=O)N2CCC(C(=O)CCc3ccc(C#N)cc3)CC2)c1. The van der Waals surface area contributed by atoms with Crippen LogP contribution in [-0.4, -0.2) is 31.6 Å². The lowest BCUT2D eigenvalue weighted by Gasteiger charge is -2.30. The van der Waals surface area contributed by atoms with Gasteiger partial charge in [-0.05, 0) is 74.1 Å². The molecule has 1 saturated heterocycles. The number of sulfonamides is 1. The van der Waals surface area contributed by atoms with Crippen LogP contribution < -0.4 is 0 Å². The Morgan fingerprint density at radius 1 is 1.07 bits per heavy atom. The van der Waals surface area contributed by atoms with Gasteiger partial charge in [-0.25, -0.2) is 8.42 Å². The summed E-state index contributed by atoms with van der Waals surface area (Å²) in [6, 6.07) is 14.7. The lowest BCUT2D eigenvalue weighted by atomic mass is 9.90. The molecule has 152 valence electrons. The number of Topliss-reactive ketones (excluding diaryl/α,β-unsaturated/α-hetero) is 1. The highest BCUT2D eigenvalue weighted by Gasteiger charge is 2.32. The van der Waals surface area contributed by atoms with E-state index >= 15 is 0 Å². The van der Waals surface area contributed by atoms with E-state index in [0.717, 1.165) is 16.7 Å². The number of carbonyl (C=O) groups is 1. The van der Waals surface area contributed by atoms with E-state index in [1.54, 1.807) is 24.3 Å². The van der Waals surface area contributed by atoms with E-state index in [-0.39, 0.29) is 11.7 Å². The second-order valence-electron chi connectivity index (χ2n) is 7.78. The van der Waals surface area contributed by atoms with Crippen molar-refractivity contribution in [2.24, 2.45) is 5.92 Å². The van der Waals surface area contributed by atoms with E-state index in [1.165, 1.54) is 4.31 Å². The van der Waals surface area contributed by atoms with E-state index < -0.39 is 10.0 Å². The molecule has 0 saturated carbocycles. The molecule has 1 heterocycles. The average molecular weight is 411 g/mol. The third-order valence-corrected chi connectivity index (χ3v) is 7.36. The first-order chi connectivity index (χ1) is 13.8. The van der Waals surface area contributed by atoms with E-state index in [1.807, 2.05) is 32.0 Å². The molecule has 1 aliphatic heterocycles. The minimum absolute atomic E-state index is 0.0842.